The number of hydrogen-bond donors (Lipinski definition) is 1. The van der Waals surface area contributed by atoms with Crippen LogP contribution in [0.4, 0.5) is 0 Å². The topological polar surface area (TPSA) is 52.3 Å². The molecule has 1 aromatic carbocycles. The minimum Gasteiger partial charge on any atom is -0.370 e. The lowest BCUT2D eigenvalue weighted by Crippen LogP contribution is -2.10. The van der Waals surface area contributed by atoms with E-state index >= 15 is 0 Å². The minimum absolute atomic E-state index is 0.467. The first-order valence-electron chi connectivity index (χ1n) is 3.34. The highest BCUT2D eigenvalue weighted by Gasteiger charge is 2.04. The molecule has 0 aliphatic heterocycles. The lowest BCUT2D eigenvalue weighted by molar-refractivity contribution is 0.0503. The van der Waals surface area contributed by atoms with Crippen LogP contribution in [0.5, 0.6) is 0 Å². The van der Waals surface area contributed by atoms with Crippen LogP contribution >= 0.6 is 15.9 Å². The van der Waals surface area contributed by atoms with Crippen LogP contribution < -0.4 is 5.90 Å². The molecule has 0 atom stereocenters. The molecule has 0 heterocycles. The van der Waals surface area contributed by atoms with Gasteiger partial charge in [-0.2, -0.15) is 5.90 Å². The molecule has 0 unspecified atom stereocenters. The number of nitrogens with two attached hydrogens (primary N) is 1. The molecule has 4 heteroatoms. The Morgan fingerprint density at radius 3 is 2.92 bits per heavy atom. The average molecular weight is 230 g/mol. The van der Waals surface area contributed by atoms with Crippen LogP contribution in [-0.4, -0.2) is 5.97 Å². The molecule has 0 saturated carbocycles. The Morgan fingerprint density at radius 2 is 2.33 bits per heavy atom. The van der Waals surface area contributed by atoms with Gasteiger partial charge in [0.25, 0.3) is 0 Å². The van der Waals surface area contributed by atoms with Gasteiger partial charge in [0.1, 0.15) is 0 Å². The van der Waals surface area contributed by atoms with Gasteiger partial charge in [0.2, 0.25) is 0 Å². The Labute approximate surface area is 78.6 Å². The van der Waals surface area contributed by atoms with Crippen molar-refractivity contribution in [1.82, 2.24) is 0 Å². The van der Waals surface area contributed by atoms with Crippen LogP contribution in [0.25, 0.3) is 0 Å². The van der Waals surface area contributed by atoms with Crippen molar-refractivity contribution in [3.8, 4) is 0 Å². The van der Waals surface area contributed by atoms with Gasteiger partial charge < -0.3 is 4.84 Å². The molecule has 0 radical (unpaired) electrons. The maximum atomic E-state index is 10.9. The molecule has 0 aliphatic rings. The van der Waals surface area contributed by atoms with Crippen LogP contribution in [0.2, 0.25) is 0 Å². The van der Waals surface area contributed by atoms with Gasteiger partial charge in [0.05, 0.1) is 5.56 Å². The van der Waals surface area contributed by atoms with Crippen molar-refractivity contribution in [3.05, 3.63) is 35.4 Å². The van der Waals surface area contributed by atoms with Crippen molar-refractivity contribution in [2.75, 3.05) is 0 Å². The Bertz CT molecular complexity index is 288. The largest absolute Gasteiger partial charge is 0.370 e. The fourth-order valence-corrected chi connectivity index (χ4v) is 1.20. The molecule has 64 valence electrons. The summed E-state index contributed by atoms with van der Waals surface area (Å²) in [7, 11) is 0. The summed E-state index contributed by atoms with van der Waals surface area (Å²) in [5, 5.41) is 0.707. The van der Waals surface area contributed by atoms with Crippen molar-refractivity contribution < 1.29 is 9.63 Å². The summed E-state index contributed by atoms with van der Waals surface area (Å²) in [6, 6.07) is 7.07. The summed E-state index contributed by atoms with van der Waals surface area (Å²) in [6.45, 7) is 0. The molecule has 12 heavy (non-hydrogen) atoms. The van der Waals surface area contributed by atoms with Crippen molar-refractivity contribution >= 4 is 21.9 Å². The summed E-state index contributed by atoms with van der Waals surface area (Å²) in [6.07, 6.45) is 0. The third kappa shape index (κ3) is 2.06. The van der Waals surface area contributed by atoms with E-state index in [4.69, 9.17) is 5.90 Å². The van der Waals surface area contributed by atoms with E-state index < -0.39 is 5.97 Å². The van der Waals surface area contributed by atoms with E-state index in [9.17, 15) is 4.79 Å². The van der Waals surface area contributed by atoms with Gasteiger partial charge in [0.15, 0.2) is 0 Å². The van der Waals surface area contributed by atoms with E-state index in [1.165, 1.54) is 0 Å². The number of carbonyl (C=O) groups is 1. The molecule has 0 saturated heterocycles. The highest BCUT2D eigenvalue weighted by Crippen LogP contribution is 2.09. The molecule has 0 aromatic heterocycles. The zero-order valence-electron chi connectivity index (χ0n) is 6.29. The average Bonchev–Trinajstić information content (AvgIpc) is 2.17. The molecular formula is C8H8BrNO2. The fraction of sp³-hybridized carbons (Fsp3) is 0.125. The quantitative estimate of drug-likeness (QED) is 0.620. The molecule has 0 bridgehead atoms. The van der Waals surface area contributed by atoms with E-state index in [0.717, 1.165) is 5.56 Å². The van der Waals surface area contributed by atoms with E-state index in [2.05, 4.69) is 20.8 Å². The van der Waals surface area contributed by atoms with Crippen LogP contribution in [0.3, 0.4) is 0 Å². The summed E-state index contributed by atoms with van der Waals surface area (Å²) in [5.74, 6) is 4.22. The summed E-state index contributed by atoms with van der Waals surface area (Å²) < 4.78 is 0. The van der Waals surface area contributed by atoms with Gasteiger partial charge in [0, 0.05) is 5.33 Å². The first-order valence-corrected chi connectivity index (χ1v) is 4.46. The zero-order chi connectivity index (χ0) is 8.97. The Balaban J connectivity index is 2.93. The standard InChI is InChI=1S/C8H8BrNO2/c9-5-6-2-1-3-7(4-6)8(11)12-10/h1-4H,5,10H2. The number of alkyl halides is 1. The molecule has 2 N–H and O–H groups in total. The first kappa shape index (κ1) is 9.22. The molecule has 0 spiro atoms. The van der Waals surface area contributed by atoms with Gasteiger partial charge in [-0.25, -0.2) is 4.79 Å². The van der Waals surface area contributed by atoms with Crippen LogP contribution in [0.15, 0.2) is 24.3 Å². The number of carbonyl (C=O) groups excluding carboxylic acids is 1. The Hall–Kier alpha value is -0.870. The van der Waals surface area contributed by atoms with Crippen LogP contribution in [0.1, 0.15) is 15.9 Å². The van der Waals surface area contributed by atoms with Crippen molar-refractivity contribution in [1.29, 1.82) is 0 Å². The van der Waals surface area contributed by atoms with Gasteiger partial charge in [-0.05, 0) is 17.7 Å². The Morgan fingerprint density at radius 1 is 1.58 bits per heavy atom. The third-order valence-corrected chi connectivity index (χ3v) is 2.07. The molecule has 3 nitrogen and oxygen atoms in total. The van der Waals surface area contributed by atoms with Gasteiger partial charge in [-0.15, -0.1) is 0 Å². The number of hydrogen-bond acceptors (Lipinski definition) is 3. The van der Waals surface area contributed by atoms with Crippen LogP contribution in [0, 0.1) is 0 Å². The van der Waals surface area contributed by atoms with Gasteiger partial charge >= 0.3 is 5.97 Å². The first-order chi connectivity index (χ1) is 5.77. The monoisotopic (exact) mass is 229 g/mol. The van der Waals surface area contributed by atoms with Crippen molar-refractivity contribution in [2.24, 2.45) is 5.90 Å². The molecule has 1 aromatic rings. The smallest absolute Gasteiger partial charge is 0.356 e. The second-order valence-electron chi connectivity index (χ2n) is 2.24. The van der Waals surface area contributed by atoms with E-state index in [-0.39, 0.29) is 0 Å². The number of benzene rings is 1. The lowest BCUT2D eigenvalue weighted by atomic mass is 10.1. The van der Waals surface area contributed by atoms with E-state index in [1.54, 1.807) is 18.2 Å². The van der Waals surface area contributed by atoms with Gasteiger partial charge in [-0.3, -0.25) is 0 Å². The number of halogens is 1. The zero-order valence-corrected chi connectivity index (χ0v) is 7.87. The minimum atomic E-state index is -0.516. The van der Waals surface area contributed by atoms with E-state index in [1.807, 2.05) is 6.07 Å². The predicted molar refractivity (Wildman–Crippen MR) is 48.7 cm³/mol. The summed E-state index contributed by atoms with van der Waals surface area (Å²) >= 11 is 3.28. The maximum absolute atomic E-state index is 10.9. The molecule has 0 amide bonds. The maximum Gasteiger partial charge on any atom is 0.356 e. The van der Waals surface area contributed by atoms with E-state index in [0.29, 0.717) is 10.9 Å². The Kier molecular flexibility index (Phi) is 3.25. The molecular weight excluding hydrogens is 222 g/mol. The highest BCUT2D eigenvalue weighted by molar-refractivity contribution is 9.08. The summed E-state index contributed by atoms with van der Waals surface area (Å²) in [5.41, 5.74) is 1.48. The van der Waals surface area contributed by atoms with Crippen molar-refractivity contribution in [2.45, 2.75) is 5.33 Å². The van der Waals surface area contributed by atoms with Gasteiger partial charge in [-0.1, -0.05) is 28.1 Å². The normalized spacial score (nSPS) is 9.50. The van der Waals surface area contributed by atoms with Crippen molar-refractivity contribution in [3.63, 3.8) is 0 Å². The molecule has 0 aliphatic carbocycles. The third-order valence-electron chi connectivity index (χ3n) is 1.42. The fourth-order valence-electron chi connectivity index (χ4n) is 0.849. The van der Waals surface area contributed by atoms with Crippen LogP contribution in [-0.2, 0) is 10.2 Å². The lowest BCUT2D eigenvalue weighted by Gasteiger charge is -1.99. The molecule has 0 fully saturated rings. The summed E-state index contributed by atoms with van der Waals surface area (Å²) in [4.78, 5) is 15.0. The highest BCUT2D eigenvalue weighted by atomic mass is 79.9. The molecule has 1 rings (SSSR count). The number of rotatable bonds is 2. The SMILES string of the molecule is NOC(=O)c1cccc(CBr)c1. The second kappa shape index (κ2) is 4.23. The predicted octanol–water partition coefficient (Wildman–Crippen LogP) is 1.61. The second-order valence-corrected chi connectivity index (χ2v) is 2.80.